The summed E-state index contributed by atoms with van der Waals surface area (Å²) in [4.78, 5) is 0. The maximum absolute atomic E-state index is 4.49. The van der Waals surface area contributed by atoms with Crippen LogP contribution in [0.15, 0.2) is 102 Å². The number of rotatable bonds is 6. The first kappa shape index (κ1) is 24.3. The molecule has 0 spiro atoms. The van der Waals surface area contributed by atoms with Crippen LogP contribution in [0.3, 0.4) is 0 Å². The molecule has 1 unspecified atom stereocenters. The first-order valence-electron chi connectivity index (χ1n) is 13.0. The Morgan fingerprint density at radius 1 is 0.912 bits per heavy atom. The van der Waals surface area contributed by atoms with Crippen LogP contribution in [0.1, 0.15) is 72.8 Å². The van der Waals surface area contributed by atoms with Crippen LogP contribution in [0.25, 0.3) is 0 Å². The van der Waals surface area contributed by atoms with Crippen molar-refractivity contribution in [2.24, 2.45) is 5.92 Å². The van der Waals surface area contributed by atoms with Gasteiger partial charge in [0.05, 0.1) is 0 Å². The molecule has 0 amide bonds. The van der Waals surface area contributed by atoms with Crippen molar-refractivity contribution in [2.75, 3.05) is 0 Å². The third-order valence-corrected chi connectivity index (χ3v) is 7.86. The lowest BCUT2D eigenvalue weighted by molar-refractivity contribution is 0.443. The molecule has 0 heterocycles. The molecule has 1 atom stereocenters. The van der Waals surface area contributed by atoms with Crippen LogP contribution in [-0.2, 0) is 12.8 Å². The summed E-state index contributed by atoms with van der Waals surface area (Å²) in [7, 11) is 0. The molecule has 2 aliphatic rings. The zero-order valence-electron chi connectivity index (χ0n) is 21.4. The lowest BCUT2D eigenvalue weighted by Gasteiger charge is -2.26. The Kier molecular flexibility index (Phi) is 7.88. The third-order valence-electron chi connectivity index (χ3n) is 7.86. The van der Waals surface area contributed by atoms with Crippen LogP contribution in [-0.4, -0.2) is 0 Å². The summed E-state index contributed by atoms with van der Waals surface area (Å²) in [6.07, 6.45) is 17.7. The summed E-state index contributed by atoms with van der Waals surface area (Å²) in [5.74, 6) is 1.04. The molecule has 0 aromatic heterocycles. The van der Waals surface area contributed by atoms with Gasteiger partial charge in [0.25, 0.3) is 0 Å². The predicted octanol–water partition coefficient (Wildman–Crippen LogP) is 9.31. The monoisotopic (exact) mass is 448 g/mol. The second-order valence-electron chi connectivity index (χ2n) is 10.4. The Balaban J connectivity index is 1.43. The highest BCUT2D eigenvalue weighted by atomic mass is 14.3. The van der Waals surface area contributed by atoms with Gasteiger partial charge >= 0.3 is 0 Å². The van der Waals surface area contributed by atoms with Crippen molar-refractivity contribution in [3.8, 4) is 0 Å². The van der Waals surface area contributed by atoms with E-state index < -0.39 is 0 Å². The van der Waals surface area contributed by atoms with Crippen LogP contribution in [0.4, 0.5) is 0 Å². The number of hydrogen-bond donors (Lipinski definition) is 0. The normalized spacial score (nSPS) is 20.9. The zero-order valence-corrected chi connectivity index (χ0v) is 21.4. The Bertz CT molecular complexity index is 1110. The van der Waals surface area contributed by atoms with Gasteiger partial charge < -0.3 is 0 Å². The second kappa shape index (κ2) is 11.0. The first-order chi connectivity index (χ1) is 16.4. The van der Waals surface area contributed by atoms with Gasteiger partial charge in [-0.05, 0) is 96.9 Å². The summed E-state index contributed by atoms with van der Waals surface area (Å²) in [5, 5.41) is 0. The summed E-state index contributed by atoms with van der Waals surface area (Å²) < 4.78 is 0. The Labute approximate surface area is 207 Å². The molecule has 0 aliphatic heterocycles. The molecule has 4 rings (SSSR count). The summed E-state index contributed by atoms with van der Waals surface area (Å²) in [6.45, 7) is 15.5. The van der Waals surface area contributed by atoms with Crippen molar-refractivity contribution in [3.05, 3.63) is 130 Å². The molecule has 1 fully saturated rings. The molecule has 2 aromatic rings. The van der Waals surface area contributed by atoms with Gasteiger partial charge in [0.1, 0.15) is 0 Å². The minimum Gasteiger partial charge on any atom is -0.0952 e. The molecule has 176 valence electrons. The van der Waals surface area contributed by atoms with Crippen molar-refractivity contribution in [1.82, 2.24) is 0 Å². The fourth-order valence-electron chi connectivity index (χ4n) is 5.59. The van der Waals surface area contributed by atoms with E-state index in [-0.39, 0.29) is 5.92 Å². The van der Waals surface area contributed by atoms with E-state index in [9.17, 15) is 0 Å². The molecule has 0 N–H and O–H groups in total. The van der Waals surface area contributed by atoms with Crippen LogP contribution >= 0.6 is 0 Å². The van der Waals surface area contributed by atoms with E-state index in [0.29, 0.717) is 0 Å². The van der Waals surface area contributed by atoms with Gasteiger partial charge in [-0.15, -0.1) is 0 Å². The summed E-state index contributed by atoms with van der Waals surface area (Å²) in [5.41, 5.74) is 12.0. The second-order valence-corrected chi connectivity index (χ2v) is 10.4. The van der Waals surface area contributed by atoms with Gasteiger partial charge in [0.2, 0.25) is 0 Å². The molecule has 2 aliphatic carbocycles. The van der Waals surface area contributed by atoms with E-state index in [4.69, 9.17) is 0 Å². The van der Waals surface area contributed by atoms with Gasteiger partial charge in [-0.1, -0.05) is 105 Å². The minimum absolute atomic E-state index is 0.261. The molecule has 34 heavy (non-hydrogen) atoms. The van der Waals surface area contributed by atoms with Crippen LogP contribution < -0.4 is 0 Å². The lowest BCUT2D eigenvalue weighted by atomic mass is 9.78. The quantitative estimate of drug-likeness (QED) is 0.413. The number of aryl methyl sites for hydroxylation is 2. The van der Waals surface area contributed by atoms with Gasteiger partial charge in [-0.2, -0.15) is 0 Å². The largest absolute Gasteiger partial charge is 0.0952 e. The average Bonchev–Trinajstić information content (AvgIpc) is 2.84. The van der Waals surface area contributed by atoms with Crippen molar-refractivity contribution < 1.29 is 0 Å². The fraction of sp³-hybridized carbons (Fsp3) is 0.353. The van der Waals surface area contributed by atoms with E-state index in [1.54, 1.807) is 0 Å². The minimum atomic E-state index is 0.261. The highest BCUT2D eigenvalue weighted by Gasteiger charge is 2.22. The van der Waals surface area contributed by atoms with E-state index in [0.717, 1.165) is 24.3 Å². The third kappa shape index (κ3) is 5.79. The first-order valence-corrected chi connectivity index (χ1v) is 13.0. The number of hydrogen-bond acceptors (Lipinski definition) is 0. The van der Waals surface area contributed by atoms with Gasteiger partial charge in [-0.25, -0.2) is 0 Å². The maximum atomic E-state index is 4.49. The number of allylic oxidation sites excluding steroid dienone is 8. The van der Waals surface area contributed by atoms with Crippen LogP contribution in [0.2, 0.25) is 0 Å². The van der Waals surface area contributed by atoms with Gasteiger partial charge in [0, 0.05) is 5.92 Å². The highest BCUT2D eigenvalue weighted by molar-refractivity contribution is 5.53. The topological polar surface area (TPSA) is 0 Å². The molecule has 0 nitrogen and oxygen atoms in total. The van der Waals surface area contributed by atoms with E-state index in [2.05, 4.69) is 101 Å². The van der Waals surface area contributed by atoms with Crippen molar-refractivity contribution >= 4 is 0 Å². The molecule has 0 radical (unpaired) electrons. The summed E-state index contributed by atoms with van der Waals surface area (Å²) >= 11 is 0. The lowest BCUT2D eigenvalue weighted by Crippen LogP contribution is -2.15. The van der Waals surface area contributed by atoms with Gasteiger partial charge in [-0.3, -0.25) is 0 Å². The van der Waals surface area contributed by atoms with E-state index in [1.807, 2.05) is 0 Å². The van der Waals surface area contributed by atoms with Crippen LogP contribution in [0, 0.1) is 19.8 Å². The number of benzene rings is 2. The average molecular weight is 449 g/mol. The van der Waals surface area contributed by atoms with Crippen molar-refractivity contribution in [1.29, 1.82) is 0 Å². The fourth-order valence-corrected chi connectivity index (χ4v) is 5.59. The zero-order chi connectivity index (χ0) is 24.1. The SMILES string of the molecule is C=C1C=C/C(=C/C=C(\C)Cc2ccc(C3CCCCC3)cc2)C(=C)C1Cc1c(C)cccc1C. The molecular weight excluding hydrogens is 408 g/mol. The van der Waals surface area contributed by atoms with E-state index >= 15 is 0 Å². The molecule has 0 bridgehead atoms. The Hall–Kier alpha value is -2.86. The standard InChI is InChI=1S/C34H40/c1-24(22-29-16-20-32(21-17-29)31-12-7-6-8-13-31)14-18-30-19-15-27(4)34(28(30)5)23-33-25(2)10-9-11-26(33)3/h9-11,14-21,31,34H,4-8,12-13,22-23H2,1-3H3/b24-14+,30-18-. The van der Waals surface area contributed by atoms with Gasteiger partial charge in [0.15, 0.2) is 0 Å². The Morgan fingerprint density at radius 3 is 2.26 bits per heavy atom. The van der Waals surface area contributed by atoms with Crippen molar-refractivity contribution in [3.63, 3.8) is 0 Å². The highest BCUT2D eigenvalue weighted by Crippen LogP contribution is 2.35. The van der Waals surface area contributed by atoms with Crippen molar-refractivity contribution in [2.45, 2.75) is 71.6 Å². The van der Waals surface area contributed by atoms with E-state index in [1.165, 1.54) is 76.6 Å². The molecule has 0 saturated heterocycles. The smallest absolute Gasteiger partial charge is 0.0124 e. The molecule has 2 aromatic carbocycles. The maximum Gasteiger partial charge on any atom is 0.0124 e. The molecular formula is C34H40. The molecule has 0 heteroatoms. The molecule has 1 saturated carbocycles. The Morgan fingerprint density at radius 2 is 1.59 bits per heavy atom. The predicted molar refractivity (Wildman–Crippen MR) is 148 cm³/mol. The summed E-state index contributed by atoms with van der Waals surface area (Å²) in [6, 6.07) is 15.9. The van der Waals surface area contributed by atoms with Crippen LogP contribution in [0.5, 0.6) is 0 Å².